The number of rotatable bonds is 6. The third kappa shape index (κ3) is 6.88. The van der Waals surface area contributed by atoms with E-state index in [1.54, 1.807) is 32.9 Å². The van der Waals surface area contributed by atoms with Crippen LogP contribution in [0.25, 0.3) is 11.3 Å². The number of methoxy groups -OCH3 is 1. The lowest BCUT2D eigenvalue weighted by Crippen LogP contribution is -2.38. The van der Waals surface area contributed by atoms with Gasteiger partial charge in [-0.05, 0) is 41.5 Å². The van der Waals surface area contributed by atoms with Crippen LogP contribution < -0.4 is 5.32 Å². The van der Waals surface area contributed by atoms with Gasteiger partial charge in [0.15, 0.2) is 11.5 Å². The van der Waals surface area contributed by atoms with E-state index < -0.39 is 29.3 Å². The van der Waals surface area contributed by atoms with Crippen molar-refractivity contribution in [2.45, 2.75) is 58.8 Å². The number of esters is 1. The summed E-state index contributed by atoms with van der Waals surface area (Å²) in [5, 5.41) is 2.72. The smallest absolute Gasteiger partial charge is 0.408 e. The Bertz CT molecular complexity index is 862. The van der Waals surface area contributed by atoms with Gasteiger partial charge in [-0.1, -0.05) is 30.3 Å². The molecule has 0 spiro atoms. The highest BCUT2D eigenvalue weighted by molar-refractivity contribution is 5.93. The van der Waals surface area contributed by atoms with Crippen molar-refractivity contribution in [3.63, 3.8) is 0 Å². The molecule has 0 saturated carbocycles. The molecule has 1 N–H and O–H groups in total. The van der Waals surface area contributed by atoms with Crippen LogP contribution in [0.2, 0.25) is 0 Å². The second-order valence-corrected chi connectivity index (χ2v) is 8.71. The number of hydrogen-bond donors (Lipinski definition) is 1. The molecule has 0 radical (unpaired) electrons. The third-order valence-electron chi connectivity index (χ3n) is 3.73. The van der Waals surface area contributed by atoms with Crippen LogP contribution >= 0.6 is 0 Å². The van der Waals surface area contributed by atoms with Gasteiger partial charge in [0.05, 0.1) is 19.3 Å². The number of alkyl carbamates (subject to hydrolysis) is 1. The summed E-state index contributed by atoms with van der Waals surface area (Å²) in [6, 6.07) is 8.29. The minimum Gasteiger partial charge on any atom is -0.464 e. The van der Waals surface area contributed by atoms with E-state index in [9.17, 15) is 9.59 Å². The zero-order valence-electron chi connectivity index (χ0n) is 18.6. The topological polar surface area (TPSA) is 99.9 Å². The van der Waals surface area contributed by atoms with E-state index >= 15 is 0 Å². The van der Waals surface area contributed by atoms with Crippen LogP contribution in [0.4, 0.5) is 4.79 Å². The molecular weight excluding hydrogens is 388 g/mol. The summed E-state index contributed by atoms with van der Waals surface area (Å²) in [5.74, 6) is -0.273. The van der Waals surface area contributed by atoms with Gasteiger partial charge < -0.3 is 23.9 Å². The van der Waals surface area contributed by atoms with Crippen LogP contribution in [0.15, 0.2) is 34.7 Å². The molecule has 0 saturated heterocycles. The molecular formula is C22H30N2O6. The van der Waals surface area contributed by atoms with E-state index in [4.69, 9.17) is 18.6 Å². The Kier molecular flexibility index (Phi) is 7.25. The summed E-state index contributed by atoms with van der Waals surface area (Å²) < 4.78 is 21.9. The summed E-state index contributed by atoms with van der Waals surface area (Å²) >= 11 is 0. The lowest BCUT2D eigenvalue weighted by molar-refractivity contribution is -0.0206. The summed E-state index contributed by atoms with van der Waals surface area (Å²) in [7, 11) is 1.27. The molecule has 2 rings (SSSR count). The van der Waals surface area contributed by atoms with Gasteiger partial charge >= 0.3 is 12.1 Å². The van der Waals surface area contributed by atoms with Crippen LogP contribution in [0, 0.1) is 0 Å². The van der Waals surface area contributed by atoms with Crippen molar-refractivity contribution in [1.82, 2.24) is 10.3 Å². The molecule has 0 unspecified atom stereocenters. The van der Waals surface area contributed by atoms with Gasteiger partial charge in [-0.25, -0.2) is 14.6 Å². The zero-order valence-corrected chi connectivity index (χ0v) is 18.6. The molecule has 1 aromatic carbocycles. The van der Waals surface area contributed by atoms with Crippen LogP contribution in [0.1, 0.15) is 64.0 Å². The molecule has 0 aliphatic rings. The monoisotopic (exact) mass is 418 g/mol. The molecule has 0 aliphatic carbocycles. The van der Waals surface area contributed by atoms with Crippen molar-refractivity contribution < 1.29 is 28.2 Å². The van der Waals surface area contributed by atoms with E-state index in [0.717, 1.165) is 0 Å². The Hall–Kier alpha value is -2.87. The molecule has 1 atom stereocenters. The first kappa shape index (κ1) is 23.4. The zero-order chi connectivity index (χ0) is 22.5. The second kappa shape index (κ2) is 9.30. The molecule has 164 valence electrons. The largest absolute Gasteiger partial charge is 0.464 e. The minimum absolute atomic E-state index is 0.0189. The normalized spacial score (nSPS) is 12.9. The van der Waals surface area contributed by atoms with Gasteiger partial charge in [0.25, 0.3) is 0 Å². The van der Waals surface area contributed by atoms with Crippen LogP contribution in [0.3, 0.4) is 0 Å². The van der Waals surface area contributed by atoms with Gasteiger partial charge in [0, 0.05) is 5.56 Å². The first-order valence-electron chi connectivity index (χ1n) is 9.67. The van der Waals surface area contributed by atoms with Gasteiger partial charge in [0.1, 0.15) is 11.6 Å². The van der Waals surface area contributed by atoms with Gasteiger partial charge in [-0.15, -0.1) is 0 Å². The lowest BCUT2D eigenvalue weighted by Gasteiger charge is -2.25. The minimum atomic E-state index is -0.778. The van der Waals surface area contributed by atoms with Gasteiger partial charge in [0.2, 0.25) is 5.89 Å². The number of nitrogens with one attached hydrogen (secondary N) is 1. The third-order valence-corrected chi connectivity index (χ3v) is 3.73. The molecule has 1 heterocycles. The van der Waals surface area contributed by atoms with Crippen molar-refractivity contribution in [3.8, 4) is 11.3 Å². The predicted molar refractivity (Wildman–Crippen MR) is 111 cm³/mol. The highest BCUT2D eigenvalue weighted by atomic mass is 16.6. The SMILES string of the molecule is COC(=O)c1nc([C@H](COC(C)(C)C)NC(=O)OC(C)(C)C)oc1-c1ccccc1. The van der Waals surface area contributed by atoms with Crippen molar-refractivity contribution in [1.29, 1.82) is 0 Å². The Morgan fingerprint density at radius 3 is 2.23 bits per heavy atom. The average molecular weight is 418 g/mol. The van der Waals surface area contributed by atoms with Crippen LogP contribution in [-0.2, 0) is 14.2 Å². The van der Waals surface area contributed by atoms with E-state index in [-0.39, 0.29) is 24.0 Å². The number of hydrogen-bond acceptors (Lipinski definition) is 7. The van der Waals surface area contributed by atoms with E-state index in [1.165, 1.54) is 7.11 Å². The fraction of sp³-hybridized carbons (Fsp3) is 0.500. The highest BCUT2D eigenvalue weighted by Crippen LogP contribution is 2.29. The first-order valence-corrected chi connectivity index (χ1v) is 9.67. The molecule has 0 bridgehead atoms. The predicted octanol–water partition coefficient (Wildman–Crippen LogP) is 4.51. The number of aromatic nitrogens is 1. The Balaban J connectivity index is 2.42. The number of nitrogens with zero attached hydrogens (tertiary/aromatic N) is 1. The van der Waals surface area contributed by atoms with Gasteiger partial charge in [-0.2, -0.15) is 0 Å². The van der Waals surface area contributed by atoms with Crippen molar-refractivity contribution >= 4 is 12.1 Å². The summed E-state index contributed by atoms with van der Waals surface area (Å²) in [6.07, 6.45) is -0.649. The number of ether oxygens (including phenoxy) is 3. The molecule has 1 aromatic heterocycles. The maximum atomic E-state index is 12.4. The van der Waals surface area contributed by atoms with E-state index in [2.05, 4.69) is 10.3 Å². The number of oxazole rings is 1. The summed E-state index contributed by atoms with van der Waals surface area (Å²) in [5.41, 5.74) is -0.467. The van der Waals surface area contributed by atoms with Crippen molar-refractivity contribution in [2.75, 3.05) is 13.7 Å². The lowest BCUT2D eigenvalue weighted by atomic mass is 10.1. The van der Waals surface area contributed by atoms with Crippen molar-refractivity contribution in [2.24, 2.45) is 0 Å². The van der Waals surface area contributed by atoms with E-state index in [1.807, 2.05) is 39.0 Å². The molecule has 0 fully saturated rings. The molecule has 1 amide bonds. The van der Waals surface area contributed by atoms with Crippen LogP contribution in [0.5, 0.6) is 0 Å². The standard InChI is InChI=1S/C22H30N2O6/c1-21(2,3)28-13-15(23-20(26)30-22(4,5)6)18-24-16(19(25)27-7)17(29-18)14-11-9-8-10-12-14/h8-12,15H,13H2,1-7H3,(H,23,26)/t15-/m0/s1. The second-order valence-electron chi connectivity index (χ2n) is 8.71. The Labute approximate surface area is 176 Å². The summed E-state index contributed by atoms with van der Waals surface area (Å²) in [6.45, 7) is 11.0. The van der Waals surface area contributed by atoms with E-state index in [0.29, 0.717) is 5.56 Å². The summed E-state index contributed by atoms with van der Waals surface area (Å²) in [4.78, 5) is 29.0. The average Bonchev–Trinajstić information content (AvgIpc) is 3.08. The molecule has 0 aliphatic heterocycles. The van der Waals surface area contributed by atoms with Crippen molar-refractivity contribution in [3.05, 3.63) is 41.9 Å². The molecule has 8 heteroatoms. The Morgan fingerprint density at radius 2 is 1.70 bits per heavy atom. The maximum Gasteiger partial charge on any atom is 0.408 e. The fourth-order valence-corrected chi connectivity index (χ4v) is 2.46. The number of carbonyl (C=O) groups excluding carboxylic acids is 2. The Morgan fingerprint density at radius 1 is 1.07 bits per heavy atom. The molecule has 30 heavy (non-hydrogen) atoms. The van der Waals surface area contributed by atoms with Gasteiger partial charge in [-0.3, -0.25) is 0 Å². The molecule has 2 aromatic rings. The first-order chi connectivity index (χ1) is 13.9. The number of benzene rings is 1. The quantitative estimate of drug-likeness (QED) is 0.689. The fourth-order valence-electron chi connectivity index (χ4n) is 2.46. The number of carbonyl (C=O) groups is 2. The number of amides is 1. The maximum absolute atomic E-state index is 12.4. The molecule has 8 nitrogen and oxygen atoms in total. The highest BCUT2D eigenvalue weighted by Gasteiger charge is 2.30. The van der Waals surface area contributed by atoms with Crippen LogP contribution in [-0.4, -0.2) is 42.0 Å².